The van der Waals surface area contributed by atoms with E-state index in [2.05, 4.69) is 20.2 Å². The monoisotopic (exact) mass is 468 g/mol. The molecule has 0 N–H and O–H groups in total. The van der Waals surface area contributed by atoms with Gasteiger partial charge < -0.3 is 9.80 Å². The maximum atomic E-state index is 14.7. The third-order valence-corrected chi connectivity index (χ3v) is 7.05. The number of piperazine rings is 1. The van der Waals surface area contributed by atoms with Gasteiger partial charge in [0.15, 0.2) is 11.6 Å². The Kier molecular flexibility index (Phi) is 5.57. The lowest BCUT2D eigenvalue weighted by molar-refractivity contribution is 0.140. The van der Waals surface area contributed by atoms with Gasteiger partial charge in [-0.05, 0) is 31.5 Å². The molecule has 2 amide bonds. The van der Waals surface area contributed by atoms with Gasteiger partial charge in [-0.3, -0.25) is 4.68 Å². The van der Waals surface area contributed by atoms with Gasteiger partial charge in [-0.25, -0.2) is 24.2 Å². The van der Waals surface area contributed by atoms with Crippen LogP contribution in [0.15, 0.2) is 29.6 Å². The van der Waals surface area contributed by atoms with Crippen molar-refractivity contribution in [1.29, 1.82) is 0 Å². The summed E-state index contributed by atoms with van der Waals surface area (Å²) in [4.78, 5) is 26.8. The minimum absolute atomic E-state index is 0.111. The summed E-state index contributed by atoms with van der Waals surface area (Å²) in [5, 5.41) is 11.1. The van der Waals surface area contributed by atoms with E-state index in [1.165, 1.54) is 6.07 Å². The number of pyridine rings is 1. The molecule has 3 aromatic rings. The molecule has 5 rings (SSSR count). The third-order valence-electron chi connectivity index (χ3n) is 6.04. The predicted octanol–water partition coefficient (Wildman–Crippen LogP) is 3.37. The van der Waals surface area contributed by atoms with Crippen LogP contribution >= 0.6 is 11.3 Å². The quantitative estimate of drug-likeness (QED) is 0.589. The Labute approximate surface area is 195 Å². The Bertz CT molecular complexity index is 1190. The van der Waals surface area contributed by atoms with Crippen LogP contribution < -0.4 is 4.90 Å². The van der Waals surface area contributed by atoms with Crippen LogP contribution in [0.1, 0.15) is 27.9 Å². The highest BCUT2D eigenvalue weighted by Crippen LogP contribution is 2.33. The second-order valence-corrected chi connectivity index (χ2v) is 9.50. The molecule has 0 aliphatic carbocycles. The van der Waals surface area contributed by atoms with Gasteiger partial charge in [0.2, 0.25) is 0 Å². The fourth-order valence-corrected chi connectivity index (χ4v) is 5.21. The van der Waals surface area contributed by atoms with Crippen molar-refractivity contribution in [1.82, 2.24) is 29.7 Å². The van der Waals surface area contributed by atoms with Crippen LogP contribution in [0.2, 0.25) is 0 Å². The number of aromatic nitrogens is 4. The summed E-state index contributed by atoms with van der Waals surface area (Å²) in [7, 11) is 1.85. The van der Waals surface area contributed by atoms with Crippen molar-refractivity contribution in [2.75, 3.05) is 31.1 Å². The van der Waals surface area contributed by atoms with Crippen molar-refractivity contribution in [2.45, 2.75) is 26.3 Å². The molecule has 11 heteroatoms. The van der Waals surface area contributed by atoms with Gasteiger partial charge in [0, 0.05) is 56.9 Å². The summed E-state index contributed by atoms with van der Waals surface area (Å²) in [6.07, 6.45) is 6.05. The molecule has 1 fully saturated rings. The van der Waals surface area contributed by atoms with E-state index in [-0.39, 0.29) is 17.9 Å². The van der Waals surface area contributed by atoms with Crippen molar-refractivity contribution >= 4 is 29.4 Å². The van der Waals surface area contributed by atoms with Gasteiger partial charge in [0.25, 0.3) is 0 Å². The van der Waals surface area contributed by atoms with Crippen molar-refractivity contribution in [2.24, 2.45) is 12.1 Å². The average molecular weight is 469 g/mol. The average Bonchev–Trinajstić information content (AvgIpc) is 3.54. The Hall–Kier alpha value is -3.34. The van der Waals surface area contributed by atoms with E-state index in [9.17, 15) is 9.18 Å². The minimum atomic E-state index is -0.372. The SMILES string of the molecule is Cc1ncc(C2CC=NN2C(=O)N2CCN(c3nc(-c4c(C)cnn4C)ccc3F)CC2)s1. The molecular weight excluding hydrogens is 443 g/mol. The lowest BCUT2D eigenvalue weighted by Gasteiger charge is -2.37. The van der Waals surface area contributed by atoms with Gasteiger partial charge >= 0.3 is 6.03 Å². The molecule has 0 aromatic carbocycles. The van der Waals surface area contributed by atoms with Crippen LogP contribution in [0.3, 0.4) is 0 Å². The fourth-order valence-electron chi connectivity index (χ4n) is 4.32. The number of hydrogen-bond acceptors (Lipinski definition) is 7. The predicted molar refractivity (Wildman–Crippen MR) is 125 cm³/mol. The highest BCUT2D eigenvalue weighted by Gasteiger charge is 2.34. The Morgan fingerprint density at radius 2 is 1.94 bits per heavy atom. The van der Waals surface area contributed by atoms with E-state index in [0.29, 0.717) is 44.1 Å². The largest absolute Gasteiger partial charge is 0.351 e. The smallest absolute Gasteiger partial charge is 0.341 e. The highest BCUT2D eigenvalue weighted by molar-refractivity contribution is 7.11. The lowest BCUT2D eigenvalue weighted by atomic mass is 10.2. The molecular formula is C22H25FN8OS. The van der Waals surface area contributed by atoms with Crippen molar-refractivity contribution in [3.05, 3.63) is 45.8 Å². The number of hydrogen-bond donors (Lipinski definition) is 0. The zero-order valence-electron chi connectivity index (χ0n) is 18.8. The second kappa shape index (κ2) is 8.54. The van der Waals surface area contributed by atoms with Crippen LogP contribution in [0, 0.1) is 19.7 Å². The van der Waals surface area contributed by atoms with Crippen LogP contribution in [0.25, 0.3) is 11.4 Å². The van der Waals surface area contributed by atoms with Crippen LogP contribution in [-0.2, 0) is 7.05 Å². The zero-order chi connectivity index (χ0) is 23.1. The first kappa shape index (κ1) is 21.5. The van der Waals surface area contributed by atoms with Gasteiger partial charge in [-0.15, -0.1) is 11.3 Å². The zero-order valence-corrected chi connectivity index (χ0v) is 19.6. The number of nitrogens with zero attached hydrogens (tertiary/aromatic N) is 8. The molecule has 1 atom stereocenters. The van der Waals surface area contributed by atoms with Crippen LogP contribution in [0.4, 0.5) is 15.0 Å². The first-order valence-corrected chi connectivity index (χ1v) is 11.7. The molecule has 172 valence electrons. The topological polar surface area (TPSA) is 82.8 Å². The van der Waals surface area contributed by atoms with Crippen molar-refractivity contribution in [3.8, 4) is 11.4 Å². The first-order valence-electron chi connectivity index (χ1n) is 10.9. The van der Waals surface area contributed by atoms with Gasteiger partial charge in [-0.1, -0.05) is 0 Å². The normalized spacial score (nSPS) is 18.4. The van der Waals surface area contributed by atoms with E-state index >= 15 is 0 Å². The van der Waals surface area contributed by atoms with E-state index in [4.69, 9.17) is 0 Å². The first-order chi connectivity index (χ1) is 15.9. The number of anilines is 1. The summed E-state index contributed by atoms with van der Waals surface area (Å²) in [5.74, 6) is -0.0690. The lowest BCUT2D eigenvalue weighted by Crippen LogP contribution is -2.52. The molecule has 1 saturated heterocycles. The van der Waals surface area contributed by atoms with Gasteiger partial charge in [-0.2, -0.15) is 10.2 Å². The molecule has 0 radical (unpaired) electrons. The summed E-state index contributed by atoms with van der Waals surface area (Å²) in [6, 6.07) is 2.88. The van der Waals surface area contributed by atoms with Crippen molar-refractivity contribution in [3.63, 3.8) is 0 Å². The Morgan fingerprint density at radius 1 is 1.15 bits per heavy atom. The number of urea groups is 1. The van der Waals surface area contributed by atoms with E-state index in [0.717, 1.165) is 21.1 Å². The van der Waals surface area contributed by atoms with Gasteiger partial charge in [0.1, 0.15) is 0 Å². The second-order valence-electron chi connectivity index (χ2n) is 8.23. The number of halogens is 1. The summed E-state index contributed by atoms with van der Waals surface area (Å²) < 4.78 is 16.4. The molecule has 9 nitrogen and oxygen atoms in total. The summed E-state index contributed by atoms with van der Waals surface area (Å²) >= 11 is 1.59. The van der Waals surface area contributed by atoms with Crippen LogP contribution in [-0.4, -0.2) is 68.1 Å². The van der Waals surface area contributed by atoms with E-state index < -0.39 is 0 Å². The summed E-state index contributed by atoms with van der Waals surface area (Å²) in [6.45, 7) is 5.83. The van der Waals surface area contributed by atoms with Crippen LogP contribution in [0.5, 0.6) is 0 Å². The molecule has 2 aliphatic rings. The maximum absolute atomic E-state index is 14.7. The molecule has 0 spiro atoms. The molecule has 0 bridgehead atoms. The van der Waals surface area contributed by atoms with Gasteiger partial charge in [0.05, 0.1) is 28.6 Å². The molecule has 33 heavy (non-hydrogen) atoms. The number of thiazole rings is 1. The number of amides is 2. The number of carbonyl (C=O) groups is 1. The number of aryl methyl sites for hydroxylation is 3. The number of carbonyl (C=O) groups excluding carboxylic acids is 1. The highest BCUT2D eigenvalue weighted by atomic mass is 32.1. The maximum Gasteiger partial charge on any atom is 0.341 e. The fraction of sp³-hybridized carbons (Fsp3) is 0.409. The van der Waals surface area contributed by atoms with E-state index in [1.54, 1.807) is 44.4 Å². The van der Waals surface area contributed by atoms with Crippen molar-refractivity contribution < 1.29 is 9.18 Å². The number of hydrazone groups is 1. The number of rotatable bonds is 3. The van der Waals surface area contributed by atoms with E-state index in [1.807, 2.05) is 32.0 Å². The minimum Gasteiger partial charge on any atom is -0.351 e. The summed E-state index contributed by atoms with van der Waals surface area (Å²) in [5.41, 5.74) is 2.52. The molecule has 1 unspecified atom stereocenters. The Balaban J connectivity index is 1.29. The molecule has 3 aromatic heterocycles. The molecule has 5 heterocycles. The Morgan fingerprint density at radius 3 is 2.61 bits per heavy atom. The third kappa shape index (κ3) is 3.97. The molecule has 0 saturated carbocycles. The standard InChI is InChI=1S/C22H25FN8OS/c1-14-12-26-28(3)20(14)17-5-4-16(23)21(27-17)29-8-10-30(11-9-29)22(32)31-18(6-7-25-31)19-13-24-15(2)33-19/h4-5,7,12-13,18H,6,8-11H2,1-3H3. The molecule has 2 aliphatic heterocycles.